The number of ether oxygens (including phenoxy) is 2. The summed E-state index contributed by atoms with van der Waals surface area (Å²) in [4.78, 5) is 0. The highest BCUT2D eigenvalue weighted by atomic mass is 32.2. The van der Waals surface area contributed by atoms with Crippen molar-refractivity contribution >= 4 is 10.0 Å². The first-order valence-corrected chi connectivity index (χ1v) is 6.26. The van der Waals surface area contributed by atoms with Crippen molar-refractivity contribution in [3.05, 3.63) is 0 Å². The molecule has 92 valence electrons. The Bertz CT molecular complexity index is 233. The van der Waals surface area contributed by atoms with Crippen molar-refractivity contribution in [1.82, 2.24) is 4.31 Å². The second kappa shape index (κ2) is 8.00. The van der Waals surface area contributed by atoms with Crippen LogP contribution in [0.15, 0.2) is 0 Å². The first-order chi connectivity index (χ1) is 7.08. The molecule has 0 saturated heterocycles. The SMILES string of the molecule is COCCN(CCOC)S(=O)(=O)CCO. The minimum absolute atomic E-state index is 0.263. The van der Waals surface area contributed by atoms with E-state index in [-0.39, 0.29) is 25.4 Å². The van der Waals surface area contributed by atoms with Crippen LogP contribution in [0.2, 0.25) is 0 Å². The average Bonchev–Trinajstić information content (AvgIpc) is 2.17. The fourth-order valence-electron chi connectivity index (χ4n) is 1.02. The lowest BCUT2D eigenvalue weighted by atomic mass is 10.6. The van der Waals surface area contributed by atoms with Gasteiger partial charge >= 0.3 is 0 Å². The third-order valence-electron chi connectivity index (χ3n) is 1.83. The molecule has 0 amide bonds. The summed E-state index contributed by atoms with van der Waals surface area (Å²) >= 11 is 0. The number of hydrogen-bond donors (Lipinski definition) is 1. The van der Waals surface area contributed by atoms with E-state index in [1.54, 1.807) is 0 Å². The lowest BCUT2D eigenvalue weighted by Gasteiger charge is -2.20. The molecular formula is C8H19NO5S. The smallest absolute Gasteiger partial charge is 0.216 e. The number of sulfonamides is 1. The summed E-state index contributed by atoms with van der Waals surface area (Å²) in [7, 11) is -0.379. The van der Waals surface area contributed by atoms with Crippen LogP contribution in [0.25, 0.3) is 0 Å². The van der Waals surface area contributed by atoms with Crippen LogP contribution >= 0.6 is 0 Å². The van der Waals surface area contributed by atoms with Gasteiger partial charge in [0.2, 0.25) is 10.0 Å². The van der Waals surface area contributed by atoms with Gasteiger partial charge in [-0.2, -0.15) is 4.31 Å². The molecular weight excluding hydrogens is 222 g/mol. The maximum absolute atomic E-state index is 11.6. The molecule has 0 atom stereocenters. The second-order valence-corrected chi connectivity index (χ2v) is 5.01. The van der Waals surface area contributed by atoms with Gasteiger partial charge in [-0.1, -0.05) is 0 Å². The molecule has 6 nitrogen and oxygen atoms in total. The van der Waals surface area contributed by atoms with Crippen LogP contribution in [-0.2, 0) is 19.5 Å². The van der Waals surface area contributed by atoms with Gasteiger partial charge in [-0.15, -0.1) is 0 Å². The van der Waals surface area contributed by atoms with Crippen LogP contribution in [0, 0.1) is 0 Å². The van der Waals surface area contributed by atoms with Crippen molar-refractivity contribution in [2.45, 2.75) is 0 Å². The van der Waals surface area contributed by atoms with E-state index in [9.17, 15) is 8.42 Å². The zero-order chi connectivity index (χ0) is 11.7. The van der Waals surface area contributed by atoms with E-state index >= 15 is 0 Å². The first-order valence-electron chi connectivity index (χ1n) is 4.65. The number of hydrogen-bond acceptors (Lipinski definition) is 5. The maximum atomic E-state index is 11.6. The van der Waals surface area contributed by atoms with E-state index in [0.717, 1.165) is 0 Å². The first kappa shape index (κ1) is 14.8. The fraction of sp³-hybridized carbons (Fsp3) is 1.00. The normalized spacial score (nSPS) is 12.3. The van der Waals surface area contributed by atoms with Gasteiger partial charge < -0.3 is 14.6 Å². The molecule has 0 bridgehead atoms. The Morgan fingerprint density at radius 1 is 1.13 bits per heavy atom. The molecule has 0 aromatic rings. The van der Waals surface area contributed by atoms with Crippen molar-refractivity contribution in [2.24, 2.45) is 0 Å². The molecule has 0 aliphatic carbocycles. The fourth-order valence-corrected chi connectivity index (χ4v) is 2.21. The van der Waals surface area contributed by atoms with Gasteiger partial charge in [-0.3, -0.25) is 0 Å². The summed E-state index contributed by atoms with van der Waals surface area (Å²) in [6, 6.07) is 0. The van der Waals surface area contributed by atoms with Crippen LogP contribution < -0.4 is 0 Å². The van der Waals surface area contributed by atoms with Gasteiger partial charge in [0, 0.05) is 27.3 Å². The van der Waals surface area contributed by atoms with Crippen LogP contribution in [0.4, 0.5) is 0 Å². The molecule has 1 N–H and O–H groups in total. The number of methoxy groups -OCH3 is 2. The molecule has 0 spiro atoms. The molecule has 15 heavy (non-hydrogen) atoms. The highest BCUT2D eigenvalue weighted by molar-refractivity contribution is 7.89. The van der Waals surface area contributed by atoms with Crippen LogP contribution in [0.5, 0.6) is 0 Å². The third kappa shape index (κ3) is 6.06. The Labute approximate surface area is 90.8 Å². The molecule has 0 aliphatic rings. The number of rotatable bonds is 9. The molecule has 0 saturated carbocycles. The average molecular weight is 241 g/mol. The number of aliphatic hydroxyl groups is 1. The predicted octanol–water partition coefficient (Wildman–Crippen LogP) is -1.10. The van der Waals surface area contributed by atoms with Gasteiger partial charge in [-0.05, 0) is 0 Å². The van der Waals surface area contributed by atoms with Gasteiger partial charge in [0.15, 0.2) is 0 Å². The lowest BCUT2D eigenvalue weighted by Crippen LogP contribution is -2.38. The Kier molecular flexibility index (Phi) is 7.89. The zero-order valence-electron chi connectivity index (χ0n) is 9.18. The summed E-state index contributed by atoms with van der Waals surface area (Å²) in [6.45, 7) is 0.839. The highest BCUT2D eigenvalue weighted by Gasteiger charge is 2.20. The minimum Gasteiger partial charge on any atom is -0.395 e. The largest absolute Gasteiger partial charge is 0.395 e. The maximum Gasteiger partial charge on any atom is 0.216 e. The Hall–Kier alpha value is -0.210. The Balaban J connectivity index is 4.32. The topological polar surface area (TPSA) is 76.1 Å². The number of nitrogens with zero attached hydrogens (tertiary/aromatic N) is 1. The van der Waals surface area contributed by atoms with Gasteiger partial charge in [0.1, 0.15) is 0 Å². The lowest BCUT2D eigenvalue weighted by molar-refractivity contribution is 0.150. The molecule has 0 rings (SSSR count). The van der Waals surface area contributed by atoms with E-state index in [4.69, 9.17) is 14.6 Å². The molecule has 7 heteroatoms. The minimum atomic E-state index is -3.39. The standard InChI is InChI=1S/C8H19NO5S/c1-13-6-3-9(4-7-14-2)15(11,12)8-5-10/h10H,3-8H2,1-2H3. The summed E-state index contributed by atoms with van der Waals surface area (Å²) in [5.74, 6) is -0.263. The molecule has 0 aromatic heterocycles. The van der Waals surface area contributed by atoms with E-state index in [0.29, 0.717) is 13.2 Å². The van der Waals surface area contributed by atoms with Crippen molar-refractivity contribution < 1.29 is 23.0 Å². The summed E-state index contributed by atoms with van der Waals surface area (Å²) < 4.78 is 34.1. The third-order valence-corrected chi connectivity index (χ3v) is 3.68. The van der Waals surface area contributed by atoms with Crippen molar-refractivity contribution in [3.63, 3.8) is 0 Å². The highest BCUT2D eigenvalue weighted by Crippen LogP contribution is 2.01. The summed E-state index contributed by atoms with van der Waals surface area (Å²) in [5.41, 5.74) is 0. The van der Waals surface area contributed by atoms with Gasteiger partial charge in [0.05, 0.1) is 25.6 Å². The summed E-state index contributed by atoms with van der Waals surface area (Å²) in [5, 5.41) is 8.63. The van der Waals surface area contributed by atoms with Crippen LogP contribution in [0.3, 0.4) is 0 Å². The monoisotopic (exact) mass is 241 g/mol. The van der Waals surface area contributed by atoms with Crippen molar-refractivity contribution in [1.29, 1.82) is 0 Å². The van der Waals surface area contributed by atoms with E-state index in [2.05, 4.69) is 0 Å². The quantitative estimate of drug-likeness (QED) is 0.555. The molecule has 0 aliphatic heterocycles. The van der Waals surface area contributed by atoms with E-state index in [1.165, 1.54) is 18.5 Å². The Morgan fingerprint density at radius 2 is 1.60 bits per heavy atom. The van der Waals surface area contributed by atoms with Crippen LogP contribution in [-0.4, -0.2) is 70.7 Å². The second-order valence-electron chi connectivity index (χ2n) is 2.92. The predicted molar refractivity (Wildman–Crippen MR) is 56.2 cm³/mol. The molecule has 0 heterocycles. The van der Waals surface area contributed by atoms with E-state index < -0.39 is 10.0 Å². The number of aliphatic hydroxyl groups excluding tert-OH is 1. The van der Waals surface area contributed by atoms with Gasteiger partial charge in [-0.25, -0.2) is 8.42 Å². The zero-order valence-corrected chi connectivity index (χ0v) is 9.99. The molecule has 0 fully saturated rings. The summed E-state index contributed by atoms with van der Waals surface area (Å²) in [6.07, 6.45) is 0. The van der Waals surface area contributed by atoms with Crippen molar-refractivity contribution in [3.8, 4) is 0 Å². The molecule has 0 aromatic carbocycles. The van der Waals surface area contributed by atoms with Gasteiger partial charge in [0.25, 0.3) is 0 Å². The molecule has 0 unspecified atom stereocenters. The molecule has 0 radical (unpaired) electrons. The Morgan fingerprint density at radius 3 is 1.93 bits per heavy atom. The van der Waals surface area contributed by atoms with E-state index in [1.807, 2.05) is 0 Å². The van der Waals surface area contributed by atoms with Crippen LogP contribution in [0.1, 0.15) is 0 Å². The van der Waals surface area contributed by atoms with Crippen molar-refractivity contribution in [2.75, 3.05) is 52.9 Å².